The molecule has 1 aliphatic heterocycles. The quantitative estimate of drug-likeness (QED) is 0.740. The minimum Gasteiger partial charge on any atom is -0.307 e. The fraction of sp³-hybridized carbons (Fsp3) is 0.111. The molecule has 1 aliphatic rings. The lowest BCUT2D eigenvalue weighted by molar-refractivity contribution is 0.257. The fourth-order valence-corrected chi connectivity index (χ4v) is 2.96. The molecule has 22 heavy (non-hydrogen) atoms. The molecule has 0 atom stereocenters. The van der Waals surface area contributed by atoms with E-state index in [0.717, 1.165) is 35.1 Å². The lowest BCUT2D eigenvalue weighted by Crippen LogP contribution is -2.33. The number of hydrogen-bond acceptors (Lipinski definition) is 2. The number of pyridine rings is 1. The zero-order valence-corrected chi connectivity index (χ0v) is 12.0. The molecule has 0 bridgehead atoms. The molecule has 4 heteroatoms. The van der Waals surface area contributed by atoms with Gasteiger partial charge in [0, 0.05) is 35.4 Å². The van der Waals surface area contributed by atoms with Crippen LogP contribution in [-0.4, -0.2) is 17.6 Å². The Labute approximate surface area is 128 Å². The van der Waals surface area contributed by atoms with Crippen LogP contribution in [0.1, 0.15) is 5.56 Å². The average molecular weight is 289 g/mol. The maximum absolute atomic E-state index is 12.6. The Morgan fingerprint density at radius 2 is 2.00 bits per heavy atom. The molecule has 0 radical (unpaired) electrons. The van der Waals surface area contributed by atoms with Crippen molar-refractivity contribution in [3.63, 3.8) is 0 Å². The SMILES string of the molecule is O=C(Nc1cccc2cnccc12)N1CCc2ccccc21. The van der Waals surface area contributed by atoms with Crippen LogP contribution in [0.25, 0.3) is 10.8 Å². The Morgan fingerprint density at radius 3 is 2.95 bits per heavy atom. The van der Waals surface area contributed by atoms with Gasteiger partial charge in [0.2, 0.25) is 0 Å². The summed E-state index contributed by atoms with van der Waals surface area (Å²) in [4.78, 5) is 18.5. The maximum Gasteiger partial charge on any atom is 0.326 e. The number of rotatable bonds is 1. The molecule has 4 nitrogen and oxygen atoms in total. The number of anilines is 2. The molecule has 1 aromatic heterocycles. The van der Waals surface area contributed by atoms with E-state index in [4.69, 9.17) is 0 Å². The van der Waals surface area contributed by atoms with Gasteiger partial charge in [-0.2, -0.15) is 0 Å². The molecule has 2 amide bonds. The Morgan fingerprint density at radius 1 is 1.09 bits per heavy atom. The maximum atomic E-state index is 12.6. The average Bonchev–Trinajstić information content (AvgIpc) is 2.99. The number of carbonyl (C=O) groups excluding carboxylic acids is 1. The van der Waals surface area contributed by atoms with Gasteiger partial charge < -0.3 is 5.32 Å². The van der Waals surface area contributed by atoms with Gasteiger partial charge in [-0.15, -0.1) is 0 Å². The van der Waals surface area contributed by atoms with Gasteiger partial charge in [-0.05, 0) is 30.2 Å². The number of amides is 2. The summed E-state index contributed by atoms with van der Waals surface area (Å²) in [6, 6.07) is 15.7. The predicted octanol–water partition coefficient (Wildman–Crippen LogP) is 3.83. The molecule has 4 rings (SSSR count). The molecular formula is C18H15N3O. The Bertz CT molecular complexity index is 854. The van der Waals surface area contributed by atoms with Gasteiger partial charge in [0.1, 0.15) is 0 Å². The molecular weight excluding hydrogens is 274 g/mol. The highest BCUT2D eigenvalue weighted by Crippen LogP contribution is 2.29. The van der Waals surface area contributed by atoms with Crippen LogP contribution in [-0.2, 0) is 6.42 Å². The molecule has 0 saturated heterocycles. The van der Waals surface area contributed by atoms with E-state index in [1.54, 1.807) is 17.3 Å². The van der Waals surface area contributed by atoms with Gasteiger partial charge in [-0.3, -0.25) is 9.88 Å². The third-order valence-corrected chi connectivity index (χ3v) is 4.05. The molecule has 3 aromatic rings. The molecule has 2 heterocycles. The zero-order valence-electron chi connectivity index (χ0n) is 12.0. The van der Waals surface area contributed by atoms with Crippen LogP contribution in [0.15, 0.2) is 60.9 Å². The van der Waals surface area contributed by atoms with Gasteiger partial charge in [-0.25, -0.2) is 4.79 Å². The number of hydrogen-bond donors (Lipinski definition) is 1. The second-order valence-corrected chi connectivity index (χ2v) is 5.36. The Balaban J connectivity index is 1.65. The van der Waals surface area contributed by atoms with Crippen molar-refractivity contribution in [1.29, 1.82) is 0 Å². The topological polar surface area (TPSA) is 45.2 Å². The third-order valence-electron chi connectivity index (χ3n) is 4.05. The standard InChI is InChI=1S/C18H15N3O/c22-18(21-11-9-13-4-1-2-7-17(13)21)20-16-6-3-5-14-12-19-10-8-15(14)16/h1-8,10,12H,9,11H2,(H,20,22). The number of benzene rings is 2. The summed E-state index contributed by atoms with van der Waals surface area (Å²) in [5, 5.41) is 5.04. The lowest BCUT2D eigenvalue weighted by atomic mass is 10.1. The first-order chi connectivity index (χ1) is 10.8. The molecule has 0 aliphatic carbocycles. The van der Waals surface area contributed by atoms with Crippen LogP contribution in [0.5, 0.6) is 0 Å². The minimum absolute atomic E-state index is 0.0886. The first kappa shape index (κ1) is 12.8. The smallest absolute Gasteiger partial charge is 0.307 e. The second-order valence-electron chi connectivity index (χ2n) is 5.36. The second kappa shape index (κ2) is 5.15. The highest BCUT2D eigenvalue weighted by Gasteiger charge is 2.24. The largest absolute Gasteiger partial charge is 0.326 e. The van der Waals surface area contributed by atoms with Crippen molar-refractivity contribution in [2.75, 3.05) is 16.8 Å². The summed E-state index contributed by atoms with van der Waals surface area (Å²) in [7, 11) is 0. The molecule has 0 spiro atoms. The van der Waals surface area contributed by atoms with Crippen LogP contribution >= 0.6 is 0 Å². The first-order valence-corrected chi connectivity index (χ1v) is 7.32. The van der Waals surface area contributed by atoms with Gasteiger partial charge in [0.15, 0.2) is 0 Å². The summed E-state index contributed by atoms with van der Waals surface area (Å²) in [6.45, 7) is 0.720. The van der Waals surface area contributed by atoms with Crippen molar-refractivity contribution in [2.24, 2.45) is 0 Å². The molecule has 0 unspecified atom stereocenters. The summed E-state index contributed by atoms with van der Waals surface area (Å²) in [6.07, 6.45) is 4.45. The monoisotopic (exact) mass is 289 g/mol. The normalized spacial score (nSPS) is 13.2. The molecule has 108 valence electrons. The van der Waals surface area contributed by atoms with Gasteiger partial charge in [-0.1, -0.05) is 30.3 Å². The molecule has 0 fully saturated rings. The highest BCUT2D eigenvalue weighted by atomic mass is 16.2. The van der Waals surface area contributed by atoms with E-state index in [0.29, 0.717) is 0 Å². The number of para-hydroxylation sites is 1. The molecule has 0 saturated carbocycles. The lowest BCUT2D eigenvalue weighted by Gasteiger charge is -2.18. The number of nitrogens with zero attached hydrogens (tertiary/aromatic N) is 2. The van der Waals surface area contributed by atoms with Gasteiger partial charge >= 0.3 is 6.03 Å². The Hall–Kier alpha value is -2.88. The third kappa shape index (κ3) is 2.09. The molecule has 1 N–H and O–H groups in total. The van der Waals surface area contributed by atoms with E-state index in [9.17, 15) is 4.79 Å². The number of urea groups is 1. The van der Waals surface area contributed by atoms with E-state index in [2.05, 4.69) is 16.4 Å². The number of aromatic nitrogens is 1. The predicted molar refractivity (Wildman–Crippen MR) is 88.3 cm³/mol. The van der Waals surface area contributed by atoms with Gasteiger partial charge in [0.05, 0.1) is 5.69 Å². The summed E-state index contributed by atoms with van der Waals surface area (Å²) < 4.78 is 0. The highest BCUT2D eigenvalue weighted by molar-refractivity contribution is 6.07. The van der Waals surface area contributed by atoms with E-state index < -0.39 is 0 Å². The number of nitrogens with one attached hydrogen (secondary N) is 1. The fourth-order valence-electron chi connectivity index (χ4n) is 2.96. The zero-order chi connectivity index (χ0) is 14.9. The van der Waals surface area contributed by atoms with Crippen LogP contribution in [0.3, 0.4) is 0 Å². The summed E-state index contributed by atoms with van der Waals surface area (Å²) in [5.74, 6) is 0. The van der Waals surface area contributed by atoms with Crippen LogP contribution < -0.4 is 10.2 Å². The minimum atomic E-state index is -0.0886. The summed E-state index contributed by atoms with van der Waals surface area (Å²) in [5.41, 5.74) is 3.04. The van der Waals surface area contributed by atoms with Crippen molar-refractivity contribution >= 4 is 28.2 Å². The van der Waals surface area contributed by atoms with Crippen LogP contribution in [0, 0.1) is 0 Å². The first-order valence-electron chi connectivity index (χ1n) is 7.32. The van der Waals surface area contributed by atoms with Gasteiger partial charge in [0.25, 0.3) is 0 Å². The van der Waals surface area contributed by atoms with Crippen LogP contribution in [0.2, 0.25) is 0 Å². The van der Waals surface area contributed by atoms with E-state index in [1.807, 2.05) is 42.5 Å². The van der Waals surface area contributed by atoms with Crippen molar-refractivity contribution in [1.82, 2.24) is 4.98 Å². The van der Waals surface area contributed by atoms with E-state index >= 15 is 0 Å². The number of carbonyl (C=O) groups is 1. The van der Waals surface area contributed by atoms with Crippen molar-refractivity contribution in [3.8, 4) is 0 Å². The van der Waals surface area contributed by atoms with Crippen molar-refractivity contribution in [3.05, 3.63) is 66.5 Å². The van der Waals surface area contributed by atoms with E-state index in [-0.39, 0.29) is 6.03 Å². The van der Waals surface area contributed by atoms with E-state index in [1.165, 1.54) is 5.56 Å². The van der Waals surface area contributed by atoms with Crippen molar-refractivity contribution in [2.45, 2.75) is 6.42 Å². The Kier molecular flexibility index (Phi) is 3.00. The van der Waals surface area contributed by atoms with Crippen LogP contribution in [0.4, 0.5) is 16.2 Å². The van der Waals surface area contributed by atoms with Crippen molar-refractivity contribution < 1.29 is 4.79 Å². The number of fused-ring (bicyclic) bond motifs is 2. The summed E-state index contributed by atoms with van der Waals surface area (Å²) >= 11 is 0. The molecule has 2 aromatic carbocycles.